The lowest BCUT2D eigenvalue weighted by atomic mass is 10.2. The van der Waals surface area contributed by atoms with E-state index in [1.807, 2.05) is 6.07 Å². The van der Waals surface area contributed by atoms with Gasteiger partial charge in [0.2, 0.25) is 0 Å². The first kappa shape index (κ1) is 15.3. The molecule has 19 heavy (non-hydrogen) atoms. The maximum Gasteiger partial charge on any atom is 0.319 e. The van der Waals surface area contributed by atoms with Crippen molar-refractivity contribution in [1.82, 2.24) is 5.32 Å². The second kappa shape index (κ2) is 8.39. The van der Waals surface area contributed by atoms with E-state index in [1.165, 1.54) is 0 Å². The van der Waals surface area contributed by atoms with E-state index in [1.54, 1.807) is 18.2 Å². The highest BCUT2D eigenvalue weighted by Gasteiger charge is 2.03. The fourth-order valence-corrected chi connectivity index (χ4v) is 1.36. The van der Waals surface area contributed by atoms with E-state index in [2.05, 4.69) is 15.4 Å². The molecule has 0 aromatic heterocycles. The van der Waals surface area contributed by atoms with Crippen molar-refractivity contribution >= 4 is 11.7 Å². The average Bonchev–Trinajstić information content (AvgIpc) is 2.38. The van der Waals surface area contributed by atoms with Gasteiger partial charge < -0.3 is 21.1 Å². The van der Waals surface area contributed by atoms with Crippen LogP contribution in [0.2, 0.25) is 0 Å². The molecule has 4 N–H and O–H groups in total. The number of carbonyl (C=O) groups is 1. The van der Waals surface area contributed by atoms with E-state index < -0.39 is 19.1 Å². The van der Waals surface area contributed by atoms with Gasteiger partial charge in [0.25, 0.3) is 6.43 Å². The maximum absolute atomic E-state index is 11.7. The van der Waals surface area contributed by atoms with E-state index in [-0.39, 0.29) is 13.2 Å². The number of alkyl halides is 2. The van der Waals surface area contributed by atoms with Crippen molar-refractivity contribution in [3.63, 3.8) is 0 Å². The molecular weight excluding hydrogens is 256 g/mol. The third-order valence-electron chi connectivity index (χ3n) is 2.20. The summed E-state index contributed by atoms with van der Waals surface area (Å²) < 4.78 is 28.1. The third-order valence-corrected chi connectivity index (χ3v) is 2.20. The highest BCUT2D eigenvalue weighted by atomic mass is 19.3. The molecule has 0 heterocycles. The van der Waals surface area contributed by atoms with Crippen LogP contribution in [0.3, 0.4) is 0 Å². The molecule has 0 aliphatic carbocycles. The van der Waals surface area contributed by atoms with Crippen LogP contribution < -0.4 is 16.4 Å². The van der Waals surface area contributed by atoms with Gasteiger partial charge in [-0.2, -0.15) is 0 Å². The van der Waals surface area contributed by atoms with Gasteiger partial charge in [0, 0.05) is 18.8 Å². The number of nitrogens with one attached hydrogen (secondary N) is 2. The van der Waals surface area contributed by atoms with Crippen molar-refractivity contribution < 1.29 is 18.3 Å². The molecule has 0 saturated carbocycles. The molecule has 2 amide bonds. The van der Waals surface area contributed by atoms with Crippen LogP contribution in [0.4, 0.5) is 19.3 Å². The minimum atomic E-state index is -2.49. The summed E-state index contributed by atoms with van der Waals surface area (Å²) in [5, 5.41) is 5.10. The number of anilines is 1. The van der Waals surface area contributed by atoms with Crippen LogP contribution in [0.5, 0.6) is 0 Å². The van der Waals surface area contributed by atoms with Crippen molar-refractivity contribution in [3.05, 3.63) is 29.8 Å². The molecule has 0 aliphatic rings. The number of amides is 2. The second-order valence-electron chi connectivity index (χ2n) is 3.75. The predicted octanol–water partition coefficient (Wildman–Crippen LogP) is 1.55. The van der Waals surface area contributed by atoms with Gasteiger partial charge >= 0.3 is 6.03 Å². The molecule has 106 valence electrons. The van der Waals surface area contributed by atoms with Crippen LogP contribution >= 0.6 is 0 Å². The molecule has 0 fully saturated rings. The van der Waals surface area contributed by atoms with E-state index in [4.69, 9.17) is 5.73 Å². The van der Waals surface area contributed by atoms with Crippen molar-refractivity contribution in [1.29, 1.82) is 0 Å². The Morgan fingerprint density at radius 2 is 2.21 bits per heavy atom. The van der Waals surface area contributed by atoms with Crippen LogP contribution in [-0.2, 0) is 11.3 Å². The molecule has 7 heteroatoms. The molecule has 1 aromatic carbocycles. The maximum atomic E-state index is 11.7. The molecule has 1 rings (SSSR count). The molecule has 0 bridgehead atoms. The molecular formula is C12H17F2N3O2. The van der Waals surface area contributed by atoms with Crippen LogP contribution in [0.25, 0.3) is 0 Å². The lowest BCUT2D eigenvalue weighted by Gasteiger charge is -2.09. The standard InChI is InChI=1S/C12H17F2N3O2/c13-11(14)8-19-5-4-16-12(18)17-10-3-1-2-9(6-10)7-15/h1-3,6,11H,4-5,7-8,15H2,(H2,16,17,18). The topological polar surface area (TPSA) is 76.4 Å². The molecule has 5 nitrogen and oxygen atoms in total. The number of benzene rings is 1. The summed E-state index contributed by atoms with van der Waals surface area (Å²) in [5.74, 6) is 0. The summed E-state index contributed by atoms with van der Waals surface area (Å²) in [5.41, 5.74) is 7.00. The number of ether oxygens (including phenoxy) is 1. The average molecular weight is 273 g/mol. The second-order valence-corrected chi connectivity index (χ2v) is 3.75. The van der Waals surface area contributed by atoms with Crippen molar-refractivity contribution in [3.8, 4) is 0 Å². The summed E-state index contributed by atoms with van der Waals surface area (Å²) in [6.07, 6.45) is -2.49. The quantitative estimate of drug-likeness (QED) is 0.660. The SMILES string of the molecule is NCc1cccc(NC(=O)NCCOCC(F)F)c1. The van der Waals surface area contributed by atoms with Gasteiger partial charge in [-0.25, -0.2) is 13.6 Å². The number of urea groups is 1. The van der Waals surface area contributed by atoms with Gasteiger partial charge in [-0.05, 0) is 17.7 Å². The van der Waals surface area contributed by atoms with Gasteiger partial charge in [0.15, 0.2) is 0 Å². The molecule has 0 atom stereocenters. The van der Waals surface area contributed by atoms with Crippen molar-refractivity contribution in [2.45, 2.75) is 13.0 Å². The Morgan fingerprint density at radius 1 is 1.42 bits per heavy atom. The number of hydrogen-bond donors (Lipinski definition) is 3. The summed E-state index contributed by atoms with van der Waals surface area (Å²) in [4.78, 5) is 11.5. The Labute approximate surface area is 110 Å². The lowest BCUT2D eigenvalue weighted by Crippen LogP contribution is -2.31. The van der Waals surface area contributed by atoms with E-state index >= 15 is 0 Å². The predicted molar refractivity (Wildman–Crippen MR) is 68.2 cm³/mol. The zero-order valence-corrected chi connectivity index (χ0v) is 10.4. The first-order valence-corrected chi connectivity index (χ1v) is 5.81. The van der Waals surface area contributed by atoms with Crippen LogP contribution in [0.15, 0.2) is 24.3 Å². The monoisotopic (exact) mass is 273 g/mol. The van der Waals surface area contributed by atoms with Gasteiger partial charge in [-0.15, -0.1) is 0 Å². The van der Waals surface area contributed by atoms with Crippen LogP contribution in [-0.4, -0.2) is 32.2 Å². The van der Waals surface area contributed by atoms with Crippen molar-refractivity contribution in [2.75, 3.05) is 25.1 Å². The zero-order chi connectivity index (χ0) is 14.1. The molecule has 1 aromatic rings. The molecule has 0 spiro atoms. The minimum Gasteiger partial charge on any atom is -0.374 e. The number of rotatable bonds is 7. The smallest absolute Gasteiger partial charge is 0.319 e. The first-order valence-electron chi connectivity index (χ1n) is 5.81. The Hall–Kier alpha value is -1.73. The fourth-order valence-electron chi connectivity index (χ4n) is 1.36. The lowest BCUT2D eigenvalue weighted by molar-refractivity contribution is 0.0194. The van der Waals surface area contributed by atoms with Crippen molar-refractivity contribution in [2.24, 2.45) is 5.73 Å². The van der Waals surface area contributed by atoms with Gasteiger partial charge in [0.1, 0.15) is 6.61 Å². The summed E-state index contributed by atoms with van der Waals surface area (Å²) >= 11 is 0. The normalized spacial score (nSPS) is 10.5. The van der Waals surface area contributed by atoms with Crippen LogP contribution in [0.1, 0.15) is 5.56 Å². The summed E-state index contributed by atoms with van der Waals surface area (Å²) in [7, 11) is 0. The fraction of sp³-hybridized carbons (Fsp3) is 0.417. The van der Waals surface area contributed by atoms with Gasteiger partial charge in [-0.1, -0.05) is 12.1 Å². The molecule has 0 saturated heterocycles. The number of nitrogens with two attached hydrogens (primary N) is 1. The highest BCUT2D eigenvalue weighted by Crippen LogP contribution is 2.09. The summed E-state index contributed by atoms with van der Waals surface area (Å²) in [6, 6.07) is 6.69. The Balaban J connectivity index is 2.23. The number of hydrogen-bond acceptors (Lipinski definition) is 3. The van der Waals surface area contributed by atoms with Crippen LogP contribution in [0, 0.1) is 0 Å². The third kappa shape index (κ3) is 6.68. The highest BCUT2D eigenvalue weighted by molar-refractivity contribution is 5.89. The first-order chi connectivity index (χ1) is 9.11. The largest absolute Gasteiger partial charge is 0.374 e. The molecule has 0 unspecified atom stereocenters. The summed E-state index contributed by atoms with van der Waals surface area (Å²) in [6.45, 7) is -0.0316. The van der Waals surface area contributed by atoms with E-state index in [9.17, 15) is 13.6 Å². The zero-order valence-electron chi connectivity index (χ0n) is 10.4. The Morgan fingerprint density at radius 3 is 2.89 bits per heavy atom. The molecule has 0 radical (unpaired) electrons. The Kier molecular flexibility index (Phi) is 6.76. The van der Waals surface area contributed by atoms with Gasteiger partial charge in [-0.3, -0.25) is 0 Å². The van der Waals surface area contributed by atoms with E-state index in [0.29, 0.717) is 12.2 Å². The Bertz CT molecular complexity index is 402. The van der Waals surface area contributed by atoms with Gasteiger partial charge in [0.05, 0.1) is 6.61 Å². The number of halogens is 2. The van der Waals surface area contributed by atoms with E-state index in [0.717, 1.165) is 5.56 Å². The number of carbonyl (C=O) groups excluding carboxylic acids is 1. The molecule has 0 aliphatic heterocycles. The minimum absolute atomic E-state index is 0.0423.